The fourth-order valence-corrected chi connectivity index (χ4v) is 1.77. The Morgan fingerprint density at radius 1 is 1.27 bits per heavy atom. The Morgan fingerprint density at radius 3 is 2.33 bits per heavy atom. The van der Waals surface area contributed by atoms with Gasteiger partial charge in [-0.3, -0.25) is 0 Å². The van der Waals surface area contributed by atoms with Crippen LogP contribution in [0.5, 0.6) is 0 Å². The molecule has 1 rings (SSSR count). The van der Waals surface area contributed by atoms with E-state index in [2.05, 4.69) is 6.58 Å². The van der Waals surface area contributed by atoms with Crippen molar-refractivity contribution in [3.63, 3.8) is 0 Å². The molecule has 0 heterocycles. The van der Waals surface area contributed by atoms with Gasteiger partial charge in [0, 0.05) is 5.75 Å². The first-order chi connectivity index (χ1) is 7.01. The molecule has 0 atom stereocenters. The van der Waals surface area contributed by atoms with Gasteiger partial charge in [0.25, 0.3) is 0 Å². The molecule has 0 saturated carbocycles. The molecule has 4 heteroatoms. The van der Waals surface area contributed by atoms with Crippen molar-refractivity contribution >= 4 is 16.2 Å². The normalized spacial score (nSPS) is 11.3. The van der Waals surface area contributed by atoms with E-state index in [0.717, 1.165) is 11.1 Å². The lowest BCUT2D eigenvalue weighted by Gasteiger charge is -2.06. The molecule has 15 heavy (non-hydrogen) atoms. The molecule has 0 aliphatic rings. The van der Waals surface area contributed by atoms with Gasteiger partial charge in [0.1, 0.15) is 0 Å². The van der Waals surface area contributed by atoms with Crippen LogP contribution in [0.25, 0.3) is 6.08 Å². The van der Waals surface area contributed by atoms with Gasteiger partial charge < -0.3 is 4.55 Å². The highest BCUT2D eigenvalue weighted by atomic mass is 32.2. The molecule has 0 saturated heterocycles. The summed E-state index contributed by atoms with van der Waals surface area (Å²) in [6.07, 6.45) is 2.73. The molecule has 0 N–H and O–H groups in total. The smallest absolute Gasteiger partial charge is 0.0946 e. The van der Waals surface area contributed by atoms with Gasteiger partial charge in [-0.25, -0.2) is 8.42 Å². The van der Waals surface area contributed by atoms with Crippen LogP contribution in [0, 0.1) is 0 Å². The molecule has 0 aromatic heterocycles. The summed E-state index contributed by atoms with van der Waals surface area (Å²) in [6, 6.07) is 7.64. The molecule has 0 aliphatic carbocycles. The minimum absolute atomic E-state index is 0.295. The Kier molecular flexibility index (Phi) is 4.05. The standard InChI is InChI=1S/C11H14O3S/c1-2-10-5-7-11(8-6-10)4-3-9-15(12,13)14/h2,5-8H,1,3-4,9H2,(H,12,13,14)/p-1. The molecule has 0 spiro atoms. The Morgan fingerprint density at radius 2 is 1.87 bits per heavy atom. The summed E-state index contributed by atoms with van der Waals surface area (Å²) in [5.41, 5.74) is 2.06. The summed E-state index contributed by atoms with van der Waals surface area (Å²) in [6.45, 7) is 3.63. The van der Waals surface area contributed by atoms with E-state index in [0.29, 0.717) is 12.8 Å². The third-order valence-electron chi connectivity index (χ3n) is 2.08. The maximum absolute atomic E-state index is 10.4. The van der Waals surface area contributed by atoms with Gasteiger partial charge >= 0.3 is 0 Å². The first-order valence-electron chi connectivity index (χ1n) is 4.66. The van der Waals surface area contributed by atoms with Gasteiger partial charge in [0.15, 0.2) is 0 Å². The van der Waals surface area contributed by atoms with Crippen molar-refractivity contribution < 1.29 is 13.0 Å². The minimum atomic E-state index is -4.07. The third kappa shape index (κ3) is 4.76. The summed E-state index contributed by atoms with van der Waals surface area (Å²) in [5, 5.41) is 0. The predicted molar refractivity (Wildman–Crippen MR) is 59.4 cm³/mol. The van der Waals surface area contributed by atoms with Gasteiger partial charge in [-0.2, -0.15) is 0 Å². The molecule has 0 unspecified atom stereocenters. The van der Waals surface area contributed by atoms with E-state index in [1.54, 1.807) is 6.08 Å². The molecule has 0 fully saturated rings. The fraction of sp³-hybridized carbons (Fsp3) is 0.273. The van der Waals surface area contributed by atoms with Crippen LogP contribution in [0.15, 0.2) is 30.8 Å². The van der Waals surface area contributed by atoms with Gasteiger partial charge in [0.05, 0.1) is 10.1 Å². The van der Waals surface area contributed by atoms with Crippen LogP contribution < -0.4 is 0 Å². The molecule has 3 nitrogen and oxygen atoms in total. The van der Waals surface area contributed by atoms with Crippen molar-refractivity contribution in [1.82, 2.24) is 0 Å². The average molecular weight is 225 g/mol. The Labute approximate surface area is 90.2 Å². The second-order valence-electron chi connectivity index (χ2n) is 3.31. The van der Waals surface area contributed by atoms with Crippen molar-refractivity contribution in [3.8, 4) is 0 Å². The van der Waals surface area contributed by atoms with Crippen LogP contribution in [-0.2, 0) is 16.5 Å². The fourth-order valence-electron chi connectivity index (χ4n) is 1.27. The number of benzene rings is 1. The van der Waals surface area contributed by atoms with E-state index in [-0.39, 0.29) is 5.75 Å². The van der Waals surface area contributed by atoms with Crippen LogP contribution in [0.4, 0.5) is 0 Å². The zero-order chi connectivity index (χ0) is 11.3. The average Bonchev–Trinajstić information content (AvgIpc) is 2.17. The van der Waals surface area contributed by atoms with Crippen molar-refractivity contribution in [3.05, 3.63) is 42.0 Å². The molecule has 0 aliphatic heterocycles. The maximum Gasteiger partial charge on any atom is 0.0946 e. The molecule has 0 radical (unpaired) electrons. The van der Waals surface area contributed by atoms with Crippen LogP contribution in [0.2, 0.25) is 0 Å². The van der Waals surface area contributed by atoms with Crippen LogP contribution in [0.3, 0.4) is 0 Å². The highest BCUT2D eigenvalue weighted by Gasteiger charge is 1.97. The monoisotopic (exact) mass is 225 g/mol. The Balaban J connectivity index is 2.48. The Bertz CT molecular complexity index is 418. The van der Waals surface area contributed by atoms with Gasteiger partial charge in [-0.15, -0.1) is 0 Å². The lowest BCUT2D eigenvalue weighted by atomic mass is 10.1. The molecule has 1 aromatic rings. The number of hydrogen-bond donors (Lipinski definition) is 0. The van der Waals surface area contributed by atoms with Crippen molar-refractivity contribution in [2.24, 2.45) is 0 Å². The zero-order valence-electron chi connectivity index (χ0n) is 8.35. The number of hydrogen-bond acceptors (Lipinski definition) is 3. The highest BCUT2D eigenvalue weighted by molar-refractivity contribution is 7.85. The second-order valence-corrected chi connectivity index (χ2v) is 4.83. The summed E-state index contributed by atoms with van der Waals surface area (Å²) in [4.78, 5) is 0. The van der Waals surface area contributed by atoms with Crippen LogP contribution in [0.1, 0.15) is 17.5 Å². The number of rotatable bonds is 5. The van der Waals surface area contributed by atoms with E-state index in [1.165, 1.54) is 0 Å². The van der Waals surface area contributed by atoms with E-state index in [1.807, 2.05) is 24.3 Å². The molecular formula is C11H13O3S-. The second kappa shape index (κ2) is 5.09. The molecule has 0 bridgehead atoms. The van der Waals surface area contributed by atoms with Crippen molar-refractivity contribution in [2.45, 2.75) is 12.8 Å². The summed E-state index contributed by atoms with van der Waals surface area (Å²) in [5.74, 6) is -0.295. The van der Waals surface area contributed by atoms with E-state index >= 15 is 0 Å². The third-order valence-corrected chi connectivity index (χ3v) is 2.86. The SMILES string of the molecule is C=Cc1ccc(CCCS(=O)(=O)[O-])cc1. The largest absolute Gasteiger partial charge is 0.748 e. The molecule has 82 valence electrons. The quantitative estimate of drug-likeness (QED) is 0.718. The zero-order valence-corrected chi connectivity index (χ0v) is 9.16. The molecular weight excluding hydrogens is 212 g/mol. The van der Waals surface area contributed by atoms with Crippen LogP contribution >= 0.6 is 0 Å². The minimum Gasteiger partial charge on any atom is -0.748 e. The summed E-state index contributed by atoms with van der Waals surface area (Å²) < 4.78 is 31.1. The number of aryl methyl sites for hydroxylation is 1. The first kappa shape index (κ1) is 11.9. The van der Waals surface area contributed by atoms with E-state index < -0.39 is 10.1 Å². The van der Waals surface area contributed by atoms with Gasteiger partial charge in [-0.1, -0.05) is 36.9 Å². The summed E-state index contributed by atoms with van der Waals surface area (Å²) >= 11 is 0. The van der Waals surface area contributed by atoms with Gasteiger partial charge in [0.2, 0.25) is 0 Å². The highest BCUT2D eigenvalue weighted by Crippen LogP contribution is 2.08. The Hall–Kier alpha value is -1.13. The van der Waals surface area contributed by atoms with Crippen molar-refractivity contribution in [1.29, 1.82) is 0 Å². The van der Waals surface area contributed by atoms with E-state index in [4.69, 9.17) is 0 Å². The topological polar surface area (TPSA) is 57.2 Å². The molecule has 1 aromatic carbocycles. The van der Waals surface area contributed by atoms with Crippen LogP contribution in [-0.4, -0.2) is 18.7 Å². The lowest BCUT2D eigenvalue weighted by Crippen LogP contribution is -2.05. The maximum atomic E-state index is 10.4. The van der Waals surface area contributed by atoms with Gasteiger partial charge in [-0.05, 0) is 24.0 Å². The first-order valence-corrected chi connectivity index (χ1v) is 6.24. The summed E-state index contributed by atoms with van der Waals surface area (Å²) in [7, 11) is -4.07. The lowest BCUT2D eigenvalue weighted by molar-refractivity contribution is 0.461. The van der Waals surface area contributed by atoms with Crippen molar-refractivity contribution in [2.75, 3.05) is 5.75 Å². The van der Waals surface area contributed by atoms with E-state index in [9.17, 15) is 13.0 Å². The molecule has 0 amide bonds. The predicted octanol–water partition coefficient (Wildman–Crippen LogP) is 1.81.